The summed E-state index contributed by atoms with van der Waals surface area (Å²) in [6, 6.07) is 14.9. The van der Waals surface area contributed by atoms with Crippen LogP contribution in [0, 0.1) is 0 Å². The Morgan fingerprint density at radius 2 is 1.31 bits per heavy atom. The summed E-state index contributed by atoms with van der Waals surface area (Å²) in [5, 5.41) is 0. The van der Waals surface area contributed by atoms with Crippen molar-refractivity contribution in [1.82, 2.24) is 0 Å². The van der Waals surface area contributed by atoms with Crippen LogP contribution in [-0.4, -0.2) is 65.4 Å². The third kappa shape index (κ3) is 7.94. The number of hydrogen-bond acceptors (Lipinski definition) is 8. The van der Waals surface area contributed by atoms with Gasteiger partial charge in [0.15, 0.2) is 23.0 Å². The SMILES string of the molecule is COC(=O)CCCOC1COc2ccccc2OCCOCCOc2ccccc2OC1. The predicted octanol–water partition coefficient (Wildman–Crippen LogP) is 3.27. The molecule has 2 aromatic rings. The molecule has 0 aromatic heterocycles. The highest BCUT2D eigenvalue weighted by Gasteiger charge is 2.16. The molecule has 1 heterocycles. The van der Waals surface area contributed by atoms with E-state index in [0.29, 0.717) is 68.9 Å². The Morgan fingerprint density at radius 1 is 0.812 bits per heavy atom. The smallest absolute Gasteiger partial charge is 0.305 e. The van der Waals surface area contributed by atoms with Crippen LogP contribution in [0.25, 0.3) is 0 Å². The third-order valence-corrected chi connectivity index (χ3v) is 4.62. The second-order valence-corrected chi connectivity index (χ2v) is 7.00. The van der Waals surface area contributed by atoms with Crippen molar-refractivity contribution in [2.24, 2.45) is 0 Å². The van der Waals surface area contributed by atoms with Gasteiger partial charge in [-0.1, -0.05) is 24.3 Å². The molecule has 0 aliphatic carbocycles. The largest absolute Gasteiger partial charge is 0.487 e. The van der Waals surface area contributed by atoms with Crippen molar-refractivity contribution in [3.8, 4) is 23.0 Å². The molecule has 0 bridgehead atoms. The molecule has 174 valence electrons. The molecule has 1 aliphatic rings. The van der Waals surface area contributed by atoms with Crippen molar-refractivity contribution < 1.29 is 38.0 Å². The zero-order chi connectivity index (χ0) is 22.4. The van der Waals surface area contributed by atoms with Gasteiger partial charge in [0.1, 0.15) is 32.5 Å². The molecule has 0 radical (unpaired) electrons. The summed E-state index contributed by atoms with van der Waals surface area (Å²) in [6.45, 7) is 2.53. The van der Waals surface area contributed by atoms with Crippen LogP contribution in [0.3, 0.4) is 0 Å². The number of carbonyl (C=O) groups is 1. The summed E-state index contributed by atoms with van der Waals surface area (Å²) in [7, 11) is 1.37. The quantitative estimate of drug-likeness (QED) is 0.511. The van der Waals surface area contributed by atoms with Gasteiger partial charge in [-0.25, -0.2) is 0 Å². The minimum atomic E-state index is -0.370. The maximum atomic E-state index is 11.3. The van der Waals surface area contributed by atoms with E-state index in [1.165, 1.54) is 7.11 Å². The van der Waals surface area contributed by atoms with Gasteiger partial charge in [-0.05, 0) is 30.7 Å². The van der Waals surface area contributed by atoms with Gasteiger partial charge in [-0.3, -0.25) is 4.79 Å². The number of ether oxygens (including phenoxy) is 7. The van der Waals surface area contributed by atoms with Crippen LogP contribution in [0.2, 0.25) is 0 Å². The highest BCUT2D eigenvalue weighted by atomic mass is 16.6. The van der Waals surface area contributed by atoms with E-state index in [9.17, 15) is 4.79 Å². The second kappa shape index (κ2) is 13.4. The first-order valence-corrected chi connectivity index (χ1v) is 10.7. The molecular formula is C24H30O8. The summed E-state index contributed by atoms with van der Waals surface area (Å²) < 4.78 is 39.8. The number of carbonyl (C=O) groups excluding carboxylic acids is 1. The normalized spacial score (nSPS) is 15.7. The maximum absolute atomic E-state index is 11.3. The maximum Gasteiger partial charge on any atom is 0.305 e. The standard InChI is InChI=1S/C24H30O8/c1-26-24(25)11-6-12-28-19-17-31-22-9-4-2-7-20(22)29-15-13-27-14-16-30-21-8-3-5-10-23(21)32-18-19/h2-5,7-10,19H,6,11-18H2,1H3. The molecule has 3 rings (SSSR count). The Balaban J connectivity index is 1.68. The lowest BCUT2D eigenvalue weighted by atomic mass is 10.3. The molecule has 0 saturated carbocycles. The Hall–Kier alpha value is -2.97. The van der Waals surface area contributed by atoms with Crippen LogP contribution in [0.1, 0.15) is 12.8 Å². The predicted molar refractivity (Wildman–Crippen MR) is 117 cm³/mol. The number of fused-ring (bicyclic) bond motifs is 2. The topological polar surface area (TPSA) is 81.7 Å². The fraction of sp³-hybridized carbons (Fsp3) is 0.458. The lowest BCUT2D eigenvalue weighted by molar-refractivity contribution is -0.141. The summed E-state index contributed by atoms with van der Waals surface area (Å²) in [5.41, 5.74) is 0. The summed E-state index contributed by atoms with van der Waals surface area (Å²) in [5.74, 6) is 2.24. The lowest BCUT2D eigenvalue weighted by Crippen LogP contribution is -2.29. The number of hydrogen-bond donors (Lipinski definition) is 0. The molecule has 8 heteroatoms. The Morgan fingerprint density at radius 3 is 1.81 bits per heavy atom. The van der Waals surface area contributed by atoms with Gasteiger partial charge in [0, 0.05) is 13.0 Å². The van der Waals surface area contributed by atoms with E-state index in [1.807, 2.05) is 48.5 Å². The van der Waals surface area contributed by atoms with Crippen molar-refractivity contribution in [2.45, 2.75) is 18.9 Å². The molecule has 0 atom stereocenters. The van der Waals surface area contributed by atoms with Crippen molar-refractivity contribution in [3.63, 3.8) is 0 Å². The van der Waals surface area contributed by atoms with Crippen molar-refractivity contribution in [3.05, 3.63) is 48.5 Å². The zero-order valence-corrected chi connectivity index (χ0v) is 18.3. The molecule has 0 fully saturated rings. The highest BCUT2D eigenvalue weighted by Crippen LogP contribution is 2.28. The first-order valence-electron chi connectivity index (χ1n) is 10.7. The second-order valence-electron chi connectivity index (χ2n) is 7.00. The van der Waals surface area contributed by atoms with Gasteiger partial charge >= 0.3 is 5.97 Å². The molecule has 0 unspecified atom stereocenters. The summed E-state index contributed by atoms with van der Waals surface area (Å²) in [6.07, 6.45) is 0.466. The number of rotatable bonds is 5. The number of esters is 1. The van der Waals surface area contributed by atoms with Crippen molar-refractivity contribution in [1.29, 1.82) is 0 Å². The Bertz CT molecular complexity index is 770. The van der Waals surface area contributed by atoms with Crippen LogP contribution in [0.5, 0.6) is 23.0 Å². The van der Waals surface area contributed by atoms with Gasteiger partial charge < -0.3 is 33.2 Å². The van der Waals surface area contributed by atoms with Gasteiger partial charge in [0.2, 0.25) is 0 Å². The molecule has 2 aromatic carbocycles. The van der Waals surface area contributed by atoms with Crippen LogP contribution in [-0.2, 0) is 19.0 Å². The van der Waals surface area contributed by atoms with Gasteiger partial charge in [0.25, 0.3) is 0 Å². The minimum absolute atomic E-state index is 0.248. The van der Waals surface area contributed by atoms with E-state index in [1.54, 1.807) is 0 Å². The van der Waals surface area contributed by atoms with Crippen LogP contribution in [0.4, 0.5) is 0 Å². The van der Waals surface area contributed by atoms with E-state index in [4.69, 9.17) is 28.4 Å². The monoisotopic (exact) mass is 446 g/mol. The lowest BCUT2D eigenvalue weighted by Gasteiger charge is -2.21. The van der Waals surface area contributed by atoms with Crippen LogP contribution in [0.15, 0.2) is 48.5 Å². The molecule has 1 aliphatic heterocycles. The molecule has 32 heavy (non-hydrogen) atoms. The minimum Gasteiger partial charge on any atom is -0.487 e. The molecule has 0 saturated heterocycles. The van der Waals surface area contributed by atoms with Crippen molar-refractivity contribution in [2.75, 3.05) is 53.4 Å². The first-order chi connectivity index (χ1) is 15.8. The molecule has 0 spiro atoms. The average molecular weight is 446 g/mol. The number of para-hydroxylation sites is 4. The van der Waals surface area contributed by atoms with Gasteiger partial charge in [0.05, 0.1) is 20.3 Å². The third-order valence-electron chi connectivity index (χ3n) is 4.62. The Kier molecular flexibility index (Phi) is 9.95. The Labute approximate surface area is 188 Å². The molecule has 8 nitrogen and oxygen atoms in total. The van der Waals surface area contributed by atoms with E-state index in [0.717, 1.165) is 0 Å². The average Bonchev–Trinajstić information content (AvgIpc) is 2.82. The summed E-state index contributed by atoms with van der Waals surface area (Å²) >= 11 is 0. The molecule has 0 N–H and O–H groups in total. The van der Waals surface area contributed by atoms with E-state index in [-0.39, 0.29) is 25.3 Å². The number of benzene rings is 2. The fourth-order valence-electron chi connectivity index (χ4n) is 2.98. The number of methoxy groups -OCH3 is 1. The molecule has 0 amide bonds. The van der Waals surface area contributed by atoms with E-state index >= 15 is 0 Å². The van der Waals surface area contributed by atoms with Crippen molar-refractivity contribution >= 4 is 5.97 Å². The summed E-state index contributed by atoms with van der Waals surface area (Å²) in [4.78, 5) is 11.3. The highest BCUT2D eigenvalue weighted by molar-refractivity contribution is 5.69. The van der Waals surface area contributed by atoms with Gasteiger partial charge in [-0.15, -0.1) is 0 Å². The van der Waals surface area contributed by atoms with E-state index in [2.05, 4.69) is 4.74 Å². The first kappa shape index (κ1) is 23.7. The zero-order valence-electron chi connectivity index (χ0n) is 18.3. The van der Waals surface area contributed by atoms with Crippen LogP contribution < -0.4 is 18.9 Å². The van der Waals surface area contributed by atoms with E-state index < -0.39 is 0 Å². The van der Waals surface area contributed by atoms with Crippen LogP contribution >= 0.6 is 0 Å². The van der Waals surface area contributed by atoms with Gasteiger partial charge in [-0.2, -0.15) is 0 Å². The fourth-order valence-corrected chi connectivity index (χ4v) is 2.98. The molecular weight excluding hydrogens is 416 g/mol.